The van der Waals surface area contributed by atoms with Gasteiger partial charge in [-0.3, -0.25) is 0 Å². The first-order valence-electron chi connectivity index (χ1n) is 7.94. The smallest absolute Gasteiger partial charge is 0.410 e. The van der Waals surface area contributed by atoms with E-state index < -0.39 is 5.60 Å². The van der Waals surface area contributed by atoms with Gasteiger partial charge in [-0.25, -0.2) is 19.7 Å². The van der Waals surface area contributed by atoms with E-state index in [1.165, 1.54) is 0 Å². The van der Waals surface area contributed by atoms with E-state index in [1.807, 2.05) is 31.7 Å². The minimum atomic E-state index is -0.499. The minimum Gasteiger partial charge on any atom is -0.444 e. The molecule has 0 N–H and O–H groups in total. The lowest BCUT2D eigenvalue weighted by atomic mass is 10.2. The molecule has 1 aliphatic heterocycles. The fraction of sp³-hybridized carbons (Fsp3) is 0.500. The third-order valence-corrected chi connectivity index (χ3v) is 4.35. The number of fused-ring (bicyclic) bond motifs is 1. The molecule has 1 saturated heterocycles. The highest BCUT2D eigenvalue weighted by Gasteiger charge is 2.27. The standard InChI is InChI=1S/C16H19BrClN5O2/c1-16(2,3)25-15(24)23-6-4-22(5-7-23)14-12(18)20-11-8-10(17)9-19-13(11)21-14/h8-9H,4-7H2,1-3H3. The number of pyridine rings is 1. The molecule has 0 saturated carbocycles. The number of amides is 1. The molecule has 2 aromatic heterocycles. The molecule has 0 spiro atoms. The van der Waals surface area contributed by atoms with Crippen LogP contribution in [0.3, 0.4) is 0 Å². The summed E-state index contributed by atoms with van der Waals surface area (Å²) in [5.41, 5.74) is 0.675. The van der Waals surface area contributed by atoms with Gasteiger partial charge in [0.25, 0.3) is 0 Å². The van der Waals surface area contributed by atoms with Gasteiger partial charge in [0.15, 0.2) is 16.6 Å². The van der Waals surface area contributed by atoms with Gasteiger partial charge in [-0.15, -0.1) is 0 Å². The zero-order valence-corrected chi connectivity index (χ0v) is 16.6. The molecule has 1 amide bonds. The Kier molecular flexibility index (Phi) is 5.02. The van der Waals surface area contributed by atoms with Crippen LogP contribution in [0.15, 0.2) is 16.7 Å². The van der Waals surface area contributed by atoms with Gasteiger partial charge in [0.2, 0.25) is 0 Å². The number of hydrogen-bond acceptors (Lipinski definition) is 6. The molecule has 3 rings (SSSR count). The van der Waals surface area contributed by atoms with Crippen molar-refractivity contribution < 1.29 is 9.53 Å². The van der Waals surface area contributed by atoms with Crippen molar-refractivity contribution in [3.05, 3.63) is 21.9 Å². The van der Waals surface area contributed by atoms with Crippen molar-refractivity contribution >= 4 is 50.6 Å². The second-order valence-corrected chi connectivity index (χ2v) is 8.06. The Balaban J connectivity index is 1.73. The van der Waals surface area contributed by atoms with Crippen LogP contribution in [0.1, 0.15) is 20.8 Å². The molecular weight excluding hydrogens is 410 g/mol. The summed E-state index contributed by atoms with van der Waals surface area (Å²) < 4.78 is 6.23. The molecule has 1 fully saturated rings. The number of carbonyl (C=O) groups excluding carboxylic acids is 1. The van der Waals surface area contributed by atoms with Crippen LogP contribution in [0.5, 0.6) is 0 Å². The van der Waals surface area contributed by atoms with Crippen molar-refractivity contribution in [3.8, 4) is 0 Å². The summed E-state index contributed by atoms with van der Waals surface area (Å²) in [4.78, 5) is 29.0. The summed E-state index contributed by atoms with van der Waals surface area (Å²) in [6, 6.07) is 1.82. The van der Waals surface area contributed by atoms with Crippen LogP contribution in [0.4, 0.5) is 10.6 Å². The van der Waals surface area contributed by atoms with E-state index in [1.54, 1.807) is 11.1 Å². The molecule has 7 nitrogen and oxygen atoms in total. The number of rotatable bonds is 1. The highest BCUT2D eigenvalue weighted by Crippen LogP contribution is 2.26. The molecule has 0 radical (unpaired) electrons. The summed E-state index contributed by atoms with van der Waals surface area (Å²) in [5, 5.41) is 0.332. The van der Waals surface area contributed by atoms with Crippen LogP contribution >= 0.6 is 27.5 Å². The van der Waals surface area contributed by atoms with Gasteiger partial charge in [-0.05, 0) is 42.8 Å². The lowest BCUT2D eigenvalue weighted by Gasteiger charge is -2.36. The monoisotopic (exact) mass is 427 g/mol. The molecule has 25 heavy (non-hydrogen) atoms. The maximum absolute atomic E-state index is 12.1. The van der Waals surface area contributed by atoms with Crippen molar-refractivity contribution in [3.63, 3.8) is 0 Å². The van der Waals surface area contributed by atoms with E-state index in [0.29, 0.717) is 48.3 Å². The van der Waals surface area contributed by atoms with Crippen LogP contribution in [-0.2, 0) is 4.74 Å². The van der Waals surface area contributed by atoms with E-state index in [-0.39, 0.29) is 6.09 Å². The molecule has 1 aliphatic rings. The maximum Gasteiger partial charge on any atom is 0.410 e. The Morgan fingerprint density at radius 3 is 2.56 bits per heavy atom. The van der Waals surface area contributed by atoms with E-state index in [2.05, 4.69) is 30.9 Å². The maximum atomic E-state index is 12.1. The van der Waals surface area contributed by atoms with Gasteiger partial charge >= 0.3 is 6.09 Å². The van der Waals surface area contributed by atoms with E-state index >= 15 is 0 Å². The molecule has 9 heteroatoms. The fourth-order valence-corrected chi connectivity index (χ4v) is 3.09. The first-order valence-corrected chi connectivity index (χ1v) is 9.12. The number of aromatic nitrogens is 3. The molecule has 3 heterocycles. The topological polar surface area (TPSA) is 71.5 Å². The molecule has 0 aromatic carbocycles. The van der Waals surface area contributed by atoms with Gasteiger partial charge in [0, 0.05) is 36.8 Å². The summed E-state index contributed by atoms with van der Waals surface area (Å²) in [7, 11) is 0. The second-order valence-electron chi connectivity index (χ2n) is 6.79. The first kappa shape index (κ1) is 18.1. The number of piperazine rings is 1. The first-order chi connectivity index (χ1) is 11.7. The highest BCUT2D eigenvalue weighted by atomic mass is 79.9. The number of hydrogen-bond donors (Lipinski definition) is 0. The Morgan fingerprint density at radius 1 is 1.24 bits per heavy atom. The molecule has 0 aliphatic carbocycles. The van der Waals surface area contributed by atoms with Crippen molar-refractivity contribution in [1.29, 1.82) is 0 Å². The number of anilines is 1. The third kappa shape index (κ3) is 4.30. The van der Waals surface area contributed by atoms with Crippen molar-refractivity contribution in [2.75, 3.05) is 31.1 Å². The number of ether oxygens (including phenoxy) is 1. The Bertz CT molecular complexity index is 803. The number of nitrogens with zero attached hydrogens (tertiary/aromatic N) is 5. The van der Waals surface area contributed by atoms with Crippen LogP contribution < -0.4 is 4.90 Å². The lowest BCUT2D eigenvalue weighted by molar-refractivity contribution is 0.0240. The van der Waals surface area contributed by atoms with Crippen LogP contribution in [-0.4, -0.2) is 57.7 Å². The normalized spacial score (nSPS) is 15.6. The van der Waals surface area contributed by atoms with E-state index in [0.717, 1.165) is 4.47 Å². The minimum absolute atomic E-state index is 0.297. The SMILES string of the molecule is CC(C)(C)OC(=O)N1CCN(c2nc3ncc(Br)cc3nc2Cl)CC1. The average Bonchev–Trinajstić information content (AvgIpc) is 2.52. The van der Waals surface area contributed by atoms with Crippen LogP contribution in [0, 0.1) is 0 Å². The van der Waals surface area contributed by atoms with Gasteiger partial charge < -0.3 is 14.5 Å². The van der Waals surface area contributed by atoms with Crippen molar-refractivity contribution in [1.82, 2.24) is 19.9 Å². The van der Waals surface area contributed by atoms with E-state index in [9.17, 15) is 4.79 Å². The third-order valence-electron chi connectivity index (χ3n) is 3.66. The lowest BCUT2D eigenvalue weighted by Crippen LogP contribution is -2.50. The Hall–Kier alpha value is -1.67. The van der Waals surface area contributed by atoms with Crippen LogP contribution in [0.25, 0.3) is 11.2 Å². The molecule has 0 atom stereocenters. The van der Waals surface area contributed by atoms with Gasteiger partial charge in [-0.2, -0.15) is 0 Å². The fourth-order valence-electron chi connectivity index (χ4n) is 2.52. The Labute approximate surface area is 159 Å². The summed E-state index contributed by atoms with van der Waals surface area (Å²) in [5.74, 6) is 0.591. The quantitative estimate of drug-likeness (QED) is 0.692. The summed E-state index contributed by atoms with van der Waals surface area (Å²) in [6.07, 6.45) is 1.38. The van der Waals surface area contributed by atoms with Gasteiger partial charge in [0.05, 0.1) is 0 Å². The van der Waals surface area contributed by atoms with Gasteiger partial charge in [-0.1, -0.05) is 11.6 Å². The molecular formula is C16H19BrClN5O2. The van der Waals surface area contributed by atoms with Crippen LogP contribution in [0.2, 0.25) is 5.15 Å². The molecule has 134 valence electrons. The second kappa shape index (κ2) is 6.92. The Morgan fingerprint density at radius 2 is 1.92 bits per heavy atom. The van der Waals surface area contributed by atoms with Crippen molar-refractivity contribution in [2.45, 2.75) is 26.4 Å². The average molecular weight is 429 g/mol. The summed E-state index contributed by atoms with van der Waals surface area (Å²) >= 11 is 9.67. The van der Waals surface area contributed by atoms with E-state index in [4.69, 9.17) is 16.3 Å². The summed E-state index contributed by atoms with van der Waals surface area (Å²) in [6.45, 7) is 7.87. The molecule has 0 bridgehead atoms. The molecule has 0 unspecified atom stereocenters. The van der Waals surface area contributed by atoms with Gasteiger partial charge in [0.1, 0.15) is 11.1 Å². The van der Waals surface area contributed by atoms with Crippen molar-refractivity contribution in [2.24, 2.45) is 0 Å². The number of carbonyl (C=O) groups is 1. The zero-order chi connectivity index (χ0) is 18.2. The predicted molar refractivity (Wildman–Crippen MR) is 100 cm³/mol. The predicted octanol–water partition coefficient (Wildman–Crippen LogP) is 3.50. The zero-order valence-electron chi connectivity index (χ0n) is 14.3. The number of halogens is 2. The largest absolute Gasteiger partial charge is 0.444 e. The molecule has 2 aromatic rings. The highest BCUT2D eigenvalue weighted by molar-refractivity contribution is 9.10.